The molecular weight excluding hydrogens is 270 g/mol. The highest BCUT2D eigenvalue weighted by atomic mass is 32.2. The van der Waals surface area contributed by atoms with Gasteiger partial charge in [-0.1, -0.05) is 0 Å². The maximum atomic E-state index is 11.1. The van der Waals surface area contributed by atoms with E-state index >= 15 is 0 Å². The number of nitro groups is 1. The fraction of sp³-hybridized carbons (Fsp3) is 0.455. The van der Waals surface area contributed by atoms with Crippen LogP contribution in [0, 0.1) is 10.1 Å². The van der Waals surface area contributed by atoms with Crippen molar-refractivity contribution >= 4 is 29.2 Å². The van der Waals surface area contributed by atoms with Gasteiger partial charge in [0.15, 0.2) is 0 Å². The summed E-state index contributed by atoms with van der Waals surface area (Å²) in [5, 5.41) is 22.8. The zero-order chi connectivity index (χ0) is 13.8. The van der Waals surface area contributed by atoms with Gasteiger partial charge in [-0.05, 0) is 18.6 Å². The molecule has 1 fully saturated rings. The number of hydrogen-bond donors (Lipinski definition) is 2. The first kappa shape index (κ1) is 13.6. The van der Waals surface area contributed by atoms with Crippen molar-refractivity contribution in [1.82, 2.24) is 4.98 Å². The minimum absolute atomic E-state index is 0.158. The third kappa shape index (κ3) is 3.34. The molecule has 19 heavy (non-hydrogen) atoms. The minimum atomic E-state index is -1.22. The Morgan fingerprint density at radius 2 is 2.42 bits per heavy atom. The van der Waals surface area contributed by atoms with Crippen molar-refractivity contribution < 1.29 is 14.8 Å². The van der Waals surface area contributed by atoms with Gasteiger partial charge >= 0.3 is 5.97 Å². The highest BCUT2D eigenvalue weighted by Gasteiger charge is 2.21. The van der Waals surface area contributed by atoms with Crippen molar-refractivity contribution in [2.45, 2.75) is 18.9 Å². The van der Waals surface area contributed by atoms with Gasteiger partial charge in [0, 0.05) is 17.9 Å². The van der Waals surface area contributed by atoms with Crippen LogP contribution in [0.15, 0.2) is 12.3 Å². The number of aromatic carboxylic acids is 1. The number of thioether (sulfide) groups is 1. The molecule has 0 aromatic carbocycles. The number of carboxylic acids is 1. The van der Waals surface area contributed by atoms with Crippen LogP contribution in [-0.2, 0) is 0 Å². The molecule has 7 nitrogen and oxygen atoms in total. The number of carbonyl (C=O) groups is 1. The largest absolute Gasteiger partial charge is 0.478 e. The first-order valence-electron chi connectivity index (χ1n) is 5.80. The molecule has 102 valence electrons. The molecule has 2 rings (SSSR count). The van der Waals surface area contributed by atoms with Gasteiger partial charge < -0.3 is 10.4 Å². The predicted octanol–water partition coefficient (Wildman–Crippen LogP) is 2.00. The molecular formula is C11H13N3O4S. The highest BCUT2D eigenvalue weighted by molar-refractivity contribution is 7.99. The highest BCUT2D eigenvalue weighted by Crippen LogP contribution is 2.24. The van der Waals surface area contributed by atoms with E-state index in [1.165, 1.54) is 0 Å². The summed E-state index contributed by atoms with van der Waals surface area (Å²) in [4.78, 5) is 25.0. The summed E-state index contributed by atoms with van der Waals surface area (Å²) in [6.45, 7) is 0. The zero-order valence-electron chi connectivity index (χ0n) is 10.0. The number of carboxylic acid groups (broad SMARTS) is 1. The standard InChI is InChI=1S/C11H13N3O4S/c15-11(16)9-4-8(14(17)18)5-12-10(9)13-7-2-1-3-19-6-7/h4-5,7H,1-3,6H2,(H,12,13)(H,15,16). The lowest BCUT2D eigenvalue weighted by Gasteiger charge is -2.23. The Balaban J connectivity index is 2.23. The summed E-state index contributed by atoms with van der Waals surface area (Å²) < 4.78 is 0. The van der Waals surface area contributed by atoms with Gasteiger partial charge in [0.25, 0.3) is 5.69 Å². The SMILES string of the molecule is O=C(O)c1cc([N+](=O)[O-])cnc1NC1CCCSC1. The molecule has 0 spiro atoms. The van der Waals surface area contributed by atoms with E-state index in [2.05, 4.69) is 10.3 Å². The first-order valence-corrected chi connectivity index (χ1v) is 6.95. The second-order valence-corrected chi connectivity index (χ2v) is 5.36. The van der Waals surface area contributed by atoms with Gasteiger partial charge in [-0.15, -0.1) is 0 Å². The summed E-state index contributed by atoms with van der Waals surface area (Å²) >= 11 is 1.80. The Hall–Kier alpha value is -1.83. The van der Waals surface area contributed by atoms with Crippen molar-refractivity contribution in [2.75, 3.05) is 16.8 Å². The number of anilines is 1. The van der Waals surface area contributed by atoms with Crippen molar-refractivity contribution in [2.24, 2.45) is 0 Å². The van der Waals surface area contributed by atoms with E-state index in [9.17, 15) is 14.9 Å². The van der Waals surface area contributed by atoms with Crippen LogP contribution in [-0.4, -0.2) is 38.5 Å². The number of pyridine rings is 1. The van der Waals surface area contributed by atoms with Gasteiger partial charge in [0.1, 0.15) is 17.6 Å². The number of nitrogens with zero attached hydrogens (tertiary/aromatic N) is 2. The van der Waals surface area contributed by atoms with Crippen LogP contribution < -0.4 is 5.32 Å². The van der Waals surface area contributed by atoms with Crippen LogP contribution >= 0.6 is 11.8 Å². The molecule has 1 atom stereocenters. The molecule has 0 radical (unpaired) electrons. The molecule has 8 heteroatoms. The van der Waals surface area contributed by atoms with Gasteiger partial charge in [0.05, 0.1) is 4.92 Å². The number of rotatable bonds is 4. The maximum Gasteiger partial charge on any atom is 0.339 e. The lowest BCUT2D eigenvalue weighted by molar-refractivity contribution is -0.385. The Labute approximate surface area is 113 Å². The Kier molecular flexibility index (Phi) is 4.20. The van der Waals surface area contributed by atoms with Gasteiger partial charge in [-0.2, -0.15) is 11.8 Å². The summed E-state index contributed by atoms with van der Waals surface area (Å²) in [7, 11) is 0. The van der Waals surface area contributed by atoms with Crippen LogP contribution in [0.2, 0.25) is 0 Å². The van der Waals surface area contributed by atoms with Gasteiger partial charge in [-0.3, -0.25) is 10.1 Å². The lowest BCUT2D eigenvalue weighted by atomic mass is 10.1. The van der Waals surface area contributed by atoms with Crippen LogP contribution in [0.4, 0.5) is 11.5 Å². The topological polar surface area (TPSA) is 105 Å². The monoisotopic (exact) mass is 283 g/mol. The van der Waals surface area contributed by atoms with Crippen molar-refractivity contribution in [3.63, 3.8) is 0 Å². The Bertz CT molecular complexity index is 503. The van der Waals surface area contributed by atoms with Crippen LogP contribution in [0.3, 0.4) is 0 Å². The minimum Gasteiger partial charge on any atom is -0.478 e. The van der Waals surface area contributed by atoms with Gasteiger partial charge in [-0.25, -0.2) is 9.78 Å². The lowest BCUT2D eigenvalue weighted by Crippen LogP contribution is -2.27. The first-order chi connectivity index (χ1) is 9.08. The molecule has 1 aliphatic rings. The van der Waals surface area contributed by atoms with E-state index in [0.29, 0.717) is 0 Å². The van der Waals surface area contributed by atoms with Crippen molar-refractivity contribution in [1.29, 1.82) is 0 Å². The molecule has 2 N–H and O–H groups in total. The van der Waals surface area contributed by atoms with Crippen molar-refractivity contribution in [3.8, 4) is 0 Å². The molecule has 2 heterocycles. The Morgan fingerprint density at radius 3 is 3.00 bits per heavy atom. The van der Waals surface area contributed by atoms with E-state index < -0.39 is 10.9 Å². The van der Waals surface area contributed by atoms with E-state index in [1.54, 1.807) is 11.8 Å². The molecule has 1 aromatic rings. The summed E-state index contributed by atoms with van der Waals surface area (Å²) in [5.41, 5.74) is -0.481. The van der Waals surface area contributed by atoms with E-state index in [-0.39, 0.29) is 23.1 Å². The quantitative estimate of drug-likeness (QED) is 0.643. The molecule has 1 unspecified atom stereocenters. The number of hydrogen-bond acceptors (Lipinski definition) is 6. The third-order valence-corrected chi connectivity index (χ3v) is 4.03. The predicted molar refractivity (Wildman–Crippen MR) is 71.8 cm³/mol. The molecule has 0 saturated carbocycles. The fourth-order valence-corrected chi connectivity index (χ4v) is 2.95. The second kappa shape index (κ2) is 5.87. The smallest absolute Gasteiger partial charge is 0.339 e. The van der Waals surface area contributed by atoms with Crippen molar-refractivity contribution in [3.05, 3.63) is 27.9 Å². The average molecular weight is 283 g/mol. The number of nitrogens with one attached hydrogen (secondary N) is 1. The van der Waals surface area contributed by atoms with Crippen LogP contribution in [0.25, 0.3) is 0 Å². The average Bonchev–Trinajstić information content (AvgIpc) is 2.39. The molecule has 1 aliphatic heterocycles. The molecule has 0 bridgehead atoms. The fourth-order valence-electron chi connectivity index (χ4n) is 1.88. The van der Waals surface area contributed by atoms with Crippen LogP contribution in [0.5, 0.6) is 0 Å². The second-order valence-electron chi connectivity index (χ2n) is 4.21. The molecule has 1 saturated heterocycles. The van der Waals surface area contributed by atoms with Crippen LogP contribution in [0.1, 0.15) is 23.2 Å². The van der Waals surface area contributed by atoms with Gasteiger partial charge in [0.2, 0.25) is 0 Å². The third-order valence-electron chi connectivity index (χ3n) is 2.82. The van der Waals surface area contributed by atoms with E-state index in [0.717, 1.165) is 36.6 Å². The van der Waals surface area contributed by atoms with E-state index in [1.807, 2.05) is 0 Å². The maximum absolute atomic E-state index is 11.1. The molecule has 0 amide bonds. The summed E-state index contributed by atoms with van der Waals surface area (Å²) in [5.74, 6) is 0.975. The summed E-state index contributed by atoms with van der Waals surface area (Å²) in [6, 6.07) is 1.19. The summed E-state index contributed by atoms with van der Waals surface area (Å²) in [6.07, 6.45) is 3.09. The number of aromatic nitrogens is 1. The Morgan fingerprint density at radius 1 is 1.63 bits per heavy atom. The zero-order valence-corrected chi connectivity index (χ0v) is 10.9. The molecule has 1 aromatic heterocycles. The van der Waals surface area contributed by atoms with E-state index in [4.69, 9.17) is 5.11 Å². The normalized spacial score (nSPS) is 18.8. The molecule has 0 aliphatic carbocycles.